The van der Waals surface area contributed by atoms with E-state index in [4.69, 9.17) is 4.74 Å². The highest BCUT2D eigenvalue weighted by Crippen LogP contribution is 2.19. The number of unbranched alkanes of at least 4 members (excludes halogenated alkanes) is 4. The first-order chi connectivity index (χ1) is 6.62. The summed E-state index contributed by atoms with van der Waals surface area (Å²) >= 11 is 0. The van der Waals surface area contributed by atoms with Crippen molar-refractivity contribution in [2.24, 2.45) is 0 Å². The minimum absolute atomic E-state index is 0.0994. The first-order valence-corrected chi connectivity index (χ1v) is 6.26. The predicted molar refractivity (Wildman–Crippen MR) is 63.7 cm³/mol. The van der Waals surface area contributed by atoms with Crippen LogP contribution in [0.1, 0.15) is 72.6 Å². The first-order valence-electron chi connectivity index (χ1n) is 6.26. The Hall–Kier alpha value is -0.0400. The predicted octanol–water partition coefficient (Wildman–Crippen LogP) is 4.55. The molecule has 0 saturated heterocycles. The molecule has 0 saturated carbocycles. The molecular weight excluding hydrogens is 172 g/mol. The molecule has 1 nitrogen and oxygen atoms in total. The van der Waals surface area contributed by atoms with Gasteiger partial charge < -0.3 is 4.74 Å². The summed E-state index contributed by atoms with van der Waals surface area (Å²) in [6, 6.07) is 0. The van der Waals surface area contributed by atoms with Crippen molar-refractivity contribution in [1.29, 1.82) is 0 Å². The molecule has 0 rings (SSSR count). The molecule has 0 aromatic heterocycles. The summed E-state index contributed by atoms with van der Waals surface area (Å²) in [5.74, 6) is 0. The quantitative estimate of drug-likeness (QED) is 0.496. The maximum absolute atomic E-state index is 5.79. The van der Waals surface area contributed by atoms with E-state index >= 15 is 0 Å². The van der Waals surface area contributed by atoms with Gasteiger partial charge in [0.25, 0.3) is 0 Å². The van der Waals surface area contributed by atoms with Crippen molar-refractivity contribution in [2.75, 3.05) is 6.61 Å². The molecule has 0 aliphatic carbocycles. The van der Waals surface area contributed by atoms with E-state index in [1.165, 1.54) is 38.5 Å². The van der Waals surface area contributed by atoms with Crippen LogP contribution in [-0.4, -0.2) is 12.2 Å². The van der Waals surface area contributed by atoms with Crippen LogP contribution in [0.25, 0.3) is 0 Å². The van der Waals surface area contributed by atoms with Crippen LogP contribution in [0.5, 0.6) is 0 Å². The van der Waals surface area contributed by atoms with E-state index in [2.05, 4.69) is 27.7 Å². The van der Waals surface area contributed by atoms with Crippen LogP contribution in [-0.2, 0) is 4.74 Å². The summed E-state index contributed by atoms with van der Waals surface area (Å²) in [6.07, 6.45) is 9.12. The van der Waals surface area contributed by atoms with Gasteiger partial charge in [-0.2, -0.15) is 0 Å². The number of ether oxygens (including phenoxy) is 1. The molecule has 0 amide bonds. The third-order valence-corrected chi connectivity index (χ3v) is 2.58. The molecule has 0 aromatic carbocycles. The van der Waals surface area contributed by atoms with Gasteiger partial charge in [0.15, 0.2) is 0 Å². The van der Waals surface area contributed by atoms with E-state index in [1.54, 1.807) is 0 Å². The van der Waals surface area contributed by atoms with Crippen LogP contribution in [0, 0.1) is 0 Å². The van der Waals surface area contributed by atoms with Crippen molar-refractivity contribution in [3.05, 3.63) is 0 Å². The molecule has 0 bridgehead atoms. The number of hydrogen-bond acceptors (Lipinski definition) is 1. The average molecular weight is 200 g/mol. The standard InChI is InChI=1S/C13H28O/c1-5-7-8-9-10-11-13(3,4)14-12-6-2/h5-12H2,1-4H3. The monoisotopic (exact) mass is 200 g/mol. The second-order valence-electron chi connectivity index (χ2n) is 4.77. The van der Waals surface area contributed by atoms with Crippen molar-refractivity contribution < 1.29 is 4.74 Å². The zero-order valence-corrected chi connectivity index (χ0v) is 10.6. The molecule has 0 radical (unpaired) electrons. The molecule has 86 valence electrons. The van der Waals surface area contributed by atoms with E-state index in [-0.39, 0.29) is 5.60 Å². The van der Waals surface area contributed by atoms with Gasteiger partial charge in [-0.05, 0) is 26.7 Å². The normalized spacial score (nSPS) is 12.0. The molecule has 0 N–H and O–H groups in total. The van der Waals surface area contributed by atoms with Gasteiger partial charge in [-0.1, -0.05) is 46.0 Å². The van der Waals surface area contributed by atoms with Crippen LogP contribution < -0.4 is 0 Å². The summed E-state index contributed by atoms with van der Waals surface area (Å²) in [6.45, 7) is 9.75. The van der Waals surface area contributed by atoms with Crippen LogP contribution in [0.15, 0.2) is 0 Å². The van der Waals surface area contributed by atoms with Gasteiger partial charge in [0.1, 0.15) is 0 Å². The summed E-state index contributed by atoms with van der Waals surface area (Å²) < 4.78 is 5.79. The maximum atomic E-state index is 5.79. The molecular formula is C13H28O. The molecule has 0 fully saturated rings. The third-order valence-electron chi connectivity index (χ3n) is 2.58. The van der Waals surface area contributed by atoms with Gasteiger partial charge in [0.05, 0.1) is 5.60 Å². The van der Waals surface area contributed by atoms with E-state index in [1.807, 2.05) is 0 Å². The molecule has 0 spiro atoms. The summed E-state index contributed by atoms with van der Waals surface area (Å²) in [7, 11) is 0. The number of rotatable bonds is 9. The van der Waals surface area contributed by atoms with Crippen molar-refractivity contribution >= 4 is 0 Å². The van der Waals surface area contributed by atoms with Gasteiger partial charge in [-0.3, -0.25) is 0 Å². The Labute approximate surface area is 90.2 Å². The lowest BCUT2D eigenvalue weighted by Gasteiger charge is -2.25. The van der Waals surface area contributed by atoms with Gasteiger partial charge in [-0.15, -0.1) is 0 Å². The molecule has 14 heavy (non-hydrogen) atoms. The highest BCUT2D eigenvalue weighted by Gasteiger charge is 2.16. The minimum atomic E-state index is 0.0994. The molecule has 0 atom stereocenters. The summed E-state index contributed by atoms with van der Waals surface area (Å²) in [4.78, 5) is 0. The van der Waals surface area contributed by atoms with Crippen molar-refractivity contribution in [3.8, 4) is 0 Å². The third kappa shape index (κ3) is 8.55. The Morgan fingerprint density at radius 1 is 0.857 bits per heavy atom. The molecule has 0 aliphatic rings. The van der Waals surface area contributed by atoms with Crippen molar-refractivity contribution in [2.45, 2.75) is 78.2 Å². The molecule has 0 aliphatic heterocycles. The Morgan fingerprint density at radius 3 is 2.07 bits per heavy atom. The van der Waals surface area contributed by atoms with Crippen molar-refractivity contribution in [3.63, 3.8) is 0 Å². The fraction of sp³-hybridized carbons (Fsp3) is 1.00. The lowest BCUT2D eigenvalue weighted by molar-refractivity contribution is -0.0246. The fourth-order valence-electron chi connectivity index (χ4n) is 1.60. The second kappa shape index (κ2) is 8.28. The van der Waals surface area contributed by atoms with Gasteiger partial charge in [0, 0.05) is 6.61 Å². The van der Waals surface area contributed by atoms with E-state index in [9.17, 15) is 0 Å². The minimum Gasteiger partial charge on any atom is -0.376 e. The van der Waals surface area contributed by atoms with Crippen LogP contribution in [0.4, 0.5) is 0 Å². The topological polar surface area (TPSA) is 9.23 Å². The zero-order valence-electron chi connectivity index (χ0n) is 10.6. The first kappa shape index (κ1) is 14.0. The second-order valence-corrected chi connectivity index (χ2v) is 4.77. The summed E-state index contributed by atoms with van der Waals surface area (Å²) in [5, 5.41) is 0. The zero-order chi connectivity index (χ0) is 10.9. The fourth-order valence-corrected chi connectivity index (χ4v) is 1.60. The maximum Gasteiger partial charge on any atom is 0.0626 e. The van der Waals surface area contributed by atoms with E-state index < -0.39 is 0 Å². The Kier molecular flexibility index (Phi) is 8.26. The molecule has 0 aromatic rings. The van der Waals surface area contributed by atoms with Crippen molar-refractivity contribution in [1.82, 2.24) is 0 Å². The van der Waals surface area contributed by atoms with Gasteiger partial charge in [0.2, 0.25) is 0 Å². The lowest BCUT2D eigenvalue weighted by atomic mass is 9.99. The SMILES string of the molecule is CCCCCCCC(C)(C)OCCC. The molecule has 1 heteroatoms. The van der Waals surface area contributed by atoms with E-state index in [0.29, 0.717) is 0 Å². The van der Waals surface area contributed by atoms with Crippen LogP contribution in [0.2, 0.25) is 0 Å². The molecule has 0 heterocycles. The van der Waals surface area contributed by atoms with Gasteiger partial charge >= 0.3 is 0 Å². The highest BCUT2D eigenvalue weighted by molar-refractivity contribution is 4.68. The molecule has 0 unspecified atom stereocenters. The van der Waals surface area contributed by atoms with Crippen LogP contribution >= 0.6 is 0 Å². The van der Waals surface area contributed by atoms with Crippen LogP contribution in [0.3, 0.4) is 0 Å². The largest absolute Gasteiger partial charge is 0.376 e. The number of hydrogen-bond donors (Lipinski definition) is 0. The highest BCUT2D eigenvalue weighted by atomic mass is 16.5. The average Bonchev–Trinajstić information content (AvgIpc) is 2.15. The summed E-state index contributed by atoms with van der Waals surface area (Å²) in [5.41, 5.74) is 0.0994. The Balaban J connectivity index is 3.35. The van der Waals surface area contributed by atoms with E-state index in [0.717, 1.165) is 13.0 Å². The lowest BCUT2D eigenvalue weighted by Crippen LogP contribution is -2.24. The Morgan fingerprint density at radius 2 is 1.50 bits per heavy atom. The smallest absolute Gasteiger partial charge is 0.0626 e. The van der Waals surface area contributed by atoms with Gasteiger partial charge in [-0.25, -0.2) is 0 Å². The Bertz CT molecular complexity index is 118.